The molecule has 80 valence electrons. The number of hydrogen-bond donors (Lipinski definition) is 4. The highest BCUT2D eigenvalue weighted by molar-refractivity contribution is 5.29. The van der Waals surface area contributed by atoms with Crippen LogP contribution in [0.5, 0.6) is 0 Å². The van der Waals surface area contributed by atoms with Crippen LogP contribution in [-0.4, -0.2) is 33.4 Å². The zero-order chi connectivity index (χ0) is 10.4. The van der Waals surface area contributed by atoms with E-state index in [9.17, 15) is 0 Å². The Morgan fingerprint density at radius 1 is 1.64 bits per heavy atom. The fourth-order valence-corrected chi connectivity index (χ4v) is 1.22. The van der Waals surface area contributed by atoms with Crippen molar-refractivity contribution in [2.24, 2.45) is 5.92 Å². The van der Waals surface area contributed by atoms with Crippen LogP contribution in [0.4, 0.5) is 11.9 Å². The van der Waals surface area contributed by atoms with Crippen LogP contribution in [0.3, 0.4) is 0 Å². The zero-order valence-electron chi connectivity index (χ0n) is 8.32. The average Bonchev–Trinajstić information content (AvgIpc) is 2.59. The second kappa shape index (κ2) is 5.43. The molecule has 0 saturated carbocycles. The van der Waals surface area contributed by atoms with Gasteiger partial charge in [0, 0.05) is 13.2 Å². The summed E-state index contributed by atoms with van der Waals surface area (Å²) in [6.07, 6.45) is 1.82. The molecular weight excluding hydrogens is 182 g/mol. The summed E-state index contributed by atoms with van der Waals surface area (Å²) in [5.74, 6) is 1.27. The highest BCUT2D eigenvalue weighted by Gasteiger charge is 2.06. The maximum absolute atomic E-state index is 8.78. The maximum atomic E-state index is 8.78. The number of nitrogen functional groups attached to an aromatic ring is 1. The van der Waals surface area contributed by atoms with E-state index in [1.807, 2.05) is 0 Å². The van der Waals surface area contributed by atoms with Crippen LogP contribution in [-0.2, 0) is 0 Å². The van der Waals surface area contributed by atoms with Crippen molar-refractivity contribution < 1.29 is 5.11 Å². The number of H-pyrrole nitrogens is 1. The second-order valence-electron chi connectivity index (χ2n) is 3.21. The van der Waals surface area contributed by atoms with E-state index in [0.717, 1.165) is 19.4 Å². The summed E-state index contributed by atoms with van der Waals surface area (Å²) >= 11 is 0. The monoisotopic (exact) mass is 199 g/mol. The molecule has 0 spiro atoms. The molecule has 0 aliphatic carbocycles. The lowest BCUT2D eigenvalue weighted by atomic mass is 10.0. The highest BCUT2D eigenvalue weighted by atomic mass is 16.3. The van der Waals surface area contributed by atoms with Crippen molar-refractivity contribution in [3.63, 3.8) is 0 Å². The average molecular weight is 199 g/mol. The normalized spacial score (nSPS) is 12.7. The summed E-state index contributed by atoms with van der Waals surface area (Å²) < 4.78 is 0. The predicted octanol–water partition coefficient (Wildman–Crippen LogP) is 0.207. The zero-order valence-corrected chi connectivity index (χ0v) is 8.32. The first kappa shape index (κ1) is 10.8. The van der Waals surface area contributed by atoms with Gasteiger partial charge in [-0.25, -0.2) is 5.10 Å². The molecule has 0 saturated heterocycles. The summed E-state index contributed by atoms with van der Waals surface area (Å²) in [6, 6.07) is 0. The van der Waals surface area contributed by atoms with Crippen molar-refractivity contribution in [1.82, 2.24) is 15.2 Å². The van der Waals surface area contributed by atoms with E-state index >= 15 is 0 Å². The van der Waals surface area contributed by atoms with Crippen molar-refractivity contribution in [1.29, 1.82) is 0 Å². The summed E-state index contributed by atoms with van der Waals surface area (Å²) in [7, 11) is 0. The van der Waals surface area contributed by atoms with Gasteiger partial charge in [0.1, 0.15) is 0 Å². The van der Waals surface area contributed by atoms with Gasteiger partial charge in [-0.3, -0.25) is 0 Å². The molecule has 0 aliphatic rings. The number of nitrogens with zero attached hydrogens (tertiary/aromatic N) is 2. The molecule has 0 bridgehead atoms. The van der Waals surface area contributed by atoms with Gasteiger partial charge in [0.15, 0.2) is 0 Å². The van der Waals surface area contributed by atoms with Gasteiger partial charge in [-0.05, 0) is 12.3 Å². The Morgan fingerprint density at radius 3 is 2.93 bits per heavy atom. The molecule has 1 aromatic rings. The Morgan fingerprint density at radius 2 is 2.43 bits per heavy atom. The van der Waals surface area contributed by atoms with Crippen LogP contribution in [0.2, 0.25) is 0 Å². The summed E-state index contributed by atoms with van der Waals surface area (Å²) in [6.45, 7) is 3.07. The molecule has 14 heavy (non-hydrogen) atoms. The lowest BCUT2D eigenvalue weighted by Gasteiger charge is -2.12. The van der Waals surface area contributed by atoms with Crippen LogP contribution >= 0.6 is 0 Å². The largest absolute Gasteiger partial charge is 0.396 e. The Labute approximate surface area is 82.9 Å². The van der Waals surface area contributed by atoms with Gasteiger partial charge < -0.3 is 16.2 Å². The first-order chi connectivity index (χ1) is 6.76. The van der Waals surface area contributed by atoms with Crippen LogP contribution < -0.4 is 11.1 Å². The van der Waals surface area contributed by atoms with Crippen molar-refractivity contribution in [3.05, 3.63) is 0 Å². The number of hydrogen-bond acceptors (Lipinski definition) is 5. The first-order valence-electron chi connectivity index (χ1n) is 4.78. The van der Waals surface area contributed by atoms with Gasteiger partial charge in [0.25, 0.3) is 0 Å². The number of anilines is 2. The first-order valence-corrected chi connectivity index (χ1v) is 4.78. The Bertz CT molecular complexity index is 262. The lowest BCUT2D eigenvalue weighted by molar-refractivity contribution is 0.258. The minimum absolute atomic E-state index is 0.219. The smallest absolute Gasteiger partial charge is 0.243 e. The molecule has 1 atom stereocenters. The molecule has 1 unspecified atom stereocenters. The summed E-state index contributed by atoms with van der Waals surface area (Å²) in [4.78, 5) is 3.91. The molecule has 1 heterocycles. The quantitative estimate of drug-likeness (QED) is 0.524. The van der Waals surface area contributed by atoms with E-state index in [-0.39, 0.29) is 6.61 Å². The van der Waals surface area contributed by atoms with Crippen molar-refractivity contribution >= 4 is 11.9 Å². The number of aromatic amines is 1. The van der Waals surface area contributed by atoms with Crippen molar-refractivity contribution in [2.75, 3.05) is 24.2 Å². The third kappa shape index (κ3) is 3.21. The number of nitrogens with one attached hydrogen (secondary N) is 2. The molecule has 1 rings (SSSR count). The molecular formula is C8H17N5O. The summed E-state index contributed by atoms with van der Waals surface area (Å²) in [5, 5.41) is 18.2. The van der Waals surface area contributed by atoms with Gasteiger partial charge in [0.05, 0.1) is 0 Å². The number of nitrogens with two attached hydrogens (primary N) is 1. The van der Waals surface area contributed by atoms with E-state index < -0.39 is 0 Å². The molecule has 0 aromatic carbocycles. The van der Waals surface area contributed by atoms with Gasteiger partial charge in [-0.15, -0.1) is 5.10 Å². The van der Waals surface area contributed by atoms with Gasteiger partial charge >= 0.3 is 0 Å². The van der Waals surface area contributed by atoms with Crippen molar-refractivity contribution in [2.45, 2.75) is 19.8 Å². The summed E-state index contributed by atoms with van der Waals surface area (Å²) in [5.41, 5.74) is 5.37. The van der Waals surface area contributed by atoms with E-state index in [0.29, 0.717) is 17.8 Å². The molecule has 0 aliphatic heterocycles. The predicted molar refractivity (Wildman–Crippen MR) is 54.8 cm³/mol. The van der Waals surface area contributed by atoms with Gasteiger partial charge in [0.2, 0.25) is 11.9 Å². The number of aliphatic hydroxyl groups is 1. The van der Waals surface area contributed by atoms with Gasteiger partial charge in [-0.1, -0.05) is 13.3 Å². The van der Waals surface area contributed by atoms with E-state index in [2.05, 4.69) is 27.4 Å². The minimum Gasteiger partial charge on any atom is -0.396 e. The topological polar surface area (TPSA) is 99.8 Å². The fourth-order valence-electron chi connectivity index (χ4n) is 1.22. The van der Waals surface area contributed by atoms with E-state index in [1.165, 1.54) is 0 Å². The molecule has 6 nitrogen and oxygen atoms in total. The van der Waals surface area contributed by atoms with Gasteiger partial charge in [-0.2, -0.15) is 4.98 Å². The van der Waals surface area contributed by atoms with Crippen LogP contribution in [0.25, 0.3) is 0 Å². The molecule has 0 radical (unpaired) electrons. The molecule has 6 heteroatoms. The number of aromatic nitrogens is 3. The second-order valence-corrected chi connectivity index (χ2v) is 3.21. The molecule has 0 fully saturated rings. The minimum atomic E-state index is 0.219. The number of rotatable bonds is 6. The van der Waals surface area contributed by atoms with Crippen LogP contribution in [0, 0.1) is 5.92 Å². The van der Waals surface area contributed by atoms with Crippen LogP contribution in [0.15, 0.2) is 0 Å². The molecule has 1 aromatic heterocycles. The lowest BCUT2D eigenvalue weighted by Crippen LogP contribution is -2.15. The number of aliphatic hydroxyl groups excluding tert-OH is 1. The van der Waals surface area contributed by atoms with E-state index in [4.69, 9.17) is 10.8 Å². The molecule has 5 N–H and O–H groups in total. The third-order valence-corrected chi connectivity index (χ3v) is 2.17. The Balaban J connectivity index is 2.31. The standard InChI is InChI=1S/C8H17N5O/c1-2-6(3-4-14)5-10-8-11-7(9)12-13-8/h6,14H,2-5H2,1H3,(H4,9,10,11,12,13). The highest BCUT2D eigenvalue weighted by Crippen LogP contribution is 2.08. The molecule has 0 amide bonds. The third-order valence-electron chi connectivity index (χ3n) is 2.17. The van der Waals surface area contributed by atoms with E-state index in [1.54, 1.807) is 0 Å². The maximum Gasteiger partial charge on any atom is 0.243 e. The fraction of sp³-hybridized carbons (Fsp3) is 0.750. The van der Waals surface area contributed by atoms with Crippen LogP contribution in [0.1, 0.15) is 19.8 Å². The Hall–Kier alpha value is -1.30. The Kier molecular flexibility index (Phi) is 4.18. The van der Waals surface area contributed by atoms with Crippen molar-refractivity contribution in [3.8, 4) is 0 Å². The SMILES string of the molecule is CCC(CCO)CNc1n[nH]c(N)n1.